The number of nitrogens with zero attached hydrogens (tertiary/aromatic N) is 3. The molecule has 1 heterocycles. The Balaban J connectivity index is 2.31. The molecule has 0 aliphatic carbocycles. The van der Waals surface area contributed by atoms with Crippen molar-refractivity contribution in [3.8, 4) is 0 Å². The number of benzene rings is 1. The molecule has 1 aromatic carbocycles. The smallest absolute Gasteiger partial charge is 0.390 e. The van der Waals surface area contributed by atoms with Gasteiger partial charge in [0.05, 0.1) is 12.7 Å². The maximum Gasteiger partial charge on any atom is 0.416 e. The van der Waals surface area contributed by atoms with E-state index < -0.39 is 48.8 Å². The van der Waals surface area contributed by atoms with E-state index in [1.54, 1.807) is 0 Å². The number of hydrogen-bond donors (Lipinski definition) is 1. The van der Waals surface area contributed by atoms with Crippen LogP contribution < -0.4 is 0 Å². The molecule has 0 aliphatic rings. The van der Waals surface area contributed by atoms with Crippen LogP contribution in [0.4, 0.5) is 26.3 Å². The van der Waals surface area contributed by atoms with Crippen molar-refractivity contribution in [1.29, 1.82) is 0 Å². The number of aliphatic hydroxyl groups excluding tert-OH is 1. The Morgan fingerprint density at radius 2 is 1.96 bits per heavy atom. The first-order valence-electron chi connectivity index (χ1n) is 7.94. The minimum Gasteiger partial charge on any atom is -0.390 e. The Hall–Kier alpha value is -2.14. The van der Waals surface area contributed by atoms with Gasteiger partial charge in [0, 0.05) is 17.5 Å². The van der Waals surface area contributed by atoms with E-state index in [1.165, 1.54) is 6.92 Å². The van der Waals surface area contributed by atoms with Gasteiger partial charge in [-0.25, -0.2) is 27.2 Å². The minimum atomic E-state index is -4.68. The van der Waals surface area contributed by atoms with Gasteiger partial charge in [-0.05, 0) is 12.5 Å². The molecule has 0 aliphatic heterocycles. The number of ether oxygens (including phenoxy) is 1. The molecule has 11 heteroatoms. The zero-order valence-corrected chi connectivity index (χ0v) is 14.1. The second kappa shape index (κ2) is 8.70. The molecule has 5 nitrogen and oxygen atoms in total. The van der Waals surface area contributed by atoms with Crippen LogP contribution in [-0.4, -0.2) is 45.1 Å². The lowest BCUT2D eigenvalue weighted by atomic mass is 9.90. The summed E-state index contributed by atoms with van der Waals surface area (Å²) in [6.45, 7) is 0.597. The quantitative estimate of drug-likeness (QED) is 0.659. The van der Waals surface area contributed by atoms with Gasteiger partial charge in [-0.15, -0.1) is 0 Å². The lowest BCUT2D eigenvalue weighted by Crippen LogP contribution is -2.39. The van der Waals surface area contributed by atoms with Gasteiger partial charge >= 0.3 is 12.5 Å². The van der Waals surface area contributed by atoms with Gasteiger partial charge in [0.15, 0.2) is 0 Å². The van der Waals surface area contributed by atoms with Crippen molar-refractivity contribution < 1.29 is 36.2 Å². The summed E-state index contributed by atoms with van der Waals surface area (Å²) in [5.74, 6) is -2.92. The van der Waals surface area contributed by atoms with Crippen LogP contribution in [0.1, 0.15) is 24.9 Å². The fourth-order valence-corrected chi connectivity index (χ4v) is 2.58. The minimum absolute atomic E-state index is 0.0501. The lowest BCUT2D eigenvalue weighted by molar-refractivity contribution is -0.306. The third kappa shape index (κ3) is 4.98. The second-order valence-corrected chi connectivity index (χ2v) is 5.82. The van der Waals surface area contributed by atoms with Crippen molar-refractivity contribution in [3.63, 3.8) is 0 Å². The SMILES string of the molecule is CCC(COC(F)(F)C(F)F)C(O)C(c1ccc(F)cc1F)n1cncn1. The van der Waals surface area contributed by atoms with Gasteiger partial charge in [0.1, 0.15) is 30.3 Å². The third-order valence-corrected chi connectivity index (χ3v) is 4.08. The number of halogens is 6. The highest BCUT2D eigenvalue weighted by atomic mass is 19.3. The van der Waals surface area contributed by atoms with Crippen LogP contribution in [-0.2, 0) is 4.74 Å². The van der Waals surface area contributed by atoms with Crippen molar-refractivity contribution in [2.45, 2.75) is 38.0 Å². The molecule has 2 aromatic rings. The first-order chi connectivity index (χ1) is 12.7. The molecule has 1 N–H and O–H groups in total. The maximum absolute atomic E-state index is 14.2. The summed E-state index contributed by atoms with van der Waals surface area (Å²) in [5.41, 5.74) is -0.173. The number of hydrogen-bond acceptors (Lipinski definition) is 4. The van der Waals surface area contributed by atoms with Gasteiger partial charge in [-0.1, -0.05) is 13.0 Å². The molecule has 3 atom stereocenters. The number of aromatic nitrogens is 3. The third-order valence-electron chi connectivity index (χ3n) is 4.08. The molecule has 0 saturated carbocycles. The van der Waals surface area contributed by atoms with E-state index in [9.17, 15) is 31.4 Å². The number of aliphatic hydroxyl groups is 1. The van der Waals surface area contributed by atoms with Crippen LogP contribution >= 0.6 is 0 Å². The number of rotatable bonds is 9. The van der Waals surface area contributed by atoms with Crippen molar-refractivity contribution in [2.24, 2.45) is 5.92 Å². The molecule has 0 radical (unpaired) electrons. The van der Waals surface area contributed by atoms with E-state index in [1.807, 2.05) is 0 Å². The first-order valence-corrected chi connectivity index (χ1v) is 7.94. The normalized spacial score (nSPS) is 15.7. The summed E-state index contributed by atoms with van der Waals surface area (Å²) in [5, 5.41) is 14.5. The largest absolute Gasteiger partial charge is 0.416 e. The highest BCUT2D eigenvalue weighted by Crippen LogP contribution is 2.32. The van der Waals surface area contributed by atoms with Gasteiger partial charge in [-0.2, -0.15) is 13.9 Å². The molecule has 1 aromatic heterocycles. The Labute approximate surface area is 150 Å². The van der Waals surface area contributed by atoms with Crippen LogP contribution in [0.2, 0.25) is 0 Å². The second-order valence-electron chi connectivity index (χ2n) is 5.82. The average molecular weight is 397 g/mol. The molecule has 0 amide bonds. The Morgan fingerprint density at radius 1 is 1.26 bits per heavy atom. The summed E-state index contributed by atoms with van der Waals surface area (Å²) in [6, 6.07) is 1.36. The molecule has 0 spiro atoms. The fraction of sp³-hybridized carbons (Fsp3) is 0.500. The predicted molar refractivity (Wildman–Crippen MR) is 81.2 cm³/mol. The molecule has 27 heavy (non-hydrogen) atoms. The summed E-state index contributed by atoms with van der Waals surface area (Å²) >= 11 is 0. The van der Waals surface area contributed by atoms with E-state index in [2.05, 4.69) is 14.8 Å². The van der Waals surface area contributed by atoms with E-state index >= 15 is 0 Å². The maximum atomic E-state index is 14.2. The summed E-state index contributed by atoms with van der Waals surface area (Å²) < 4.78 is 83.1. The molecule has 3 unspecified atom stereocenters. The zero-order valence-electron chi connectivity index (χ0n) is 14.1. The van der Waals surface area contributed by atoms with Crippen molar-refractivity contribution in [1.82, 2.24) is 14.8 Å². The molecule has 0 fully saturated rings. The van der Waals surface area contributed by atoms with Crippen LogP contribution in [0.25, 0.3) is 0 Å². The summed E-state index contributed by atoms with van der Waals surface area (Å²) in [7, 11) is 0. The predicted octanol–water partition coefficient (Wildman–Crippen LogP) is 3.41. The molecule has 0 bridgehead atoms. The Bertz CT molecular complexity index is 729. The van der Waals surface area contributed by atoms with E-state index in [0.717, 1.165) is 29.5 Å². The molecule has 0 saturated heterocycles. The van der Waals surface area contributed by atoms with Gasteiger partial charge < -0.3 is 9.84 Å². The Morgan fingerprint density at radius 3 is 2.48 bits per heavy atom. The highest BCUT2D eigenvalue weighted by Gasteiger charge is 2.43. The Kier molecular flexibility index (Phi) is 6.82. The van der Waals surface area contributed by atoms with Crippen LogP contribution in [0.3, 0.4) is 0 Å². The molecule has 2 rings (SSSR count). The van der Waals surface area contributed by atoms with Crippen molar-refractivity contribution in [3.05, 3.63) is 48.1 Å². The van der Waals surface area contributed by atoms with Gasteiger partial charge in [0.25, 0.3) is 0 Å². The standard InChI is InChI=1S/C16H17F6N3O2/c1-2-9(6-27-16(21,22)15(19)20)14(26)13(25-8-23-7-24-25)11-4-3-10(17)5-12(11)18/h3-5,7-9,13-15,26H,2,6H2,1H3. The monoisotopic (exact) mass is 397 g/mol. The van der Waals surface area contributed by atoms with E-state index in [4.69, 9.17) is 0 Å². The first kappa shape index (κ1) is 21.2. The van der Waals surface area contributed by atoms with Crippen LogP contribution in [0, 0.1) is 17.6 Å². The summed E-state index contributed by atoms with van der Waals surface area (Å²) in [6.07, 6.45) is -7.98. The van der Waals surface area contributed by atoms with Crippen molar-refractivity contribution >= 4 is 0 Å². The lowest BCUT2D eigenvalue weighted by Gasteiger charge is -2.30. The van der Waals surface area contributed by atoms with Crippen molar-refractivity contribution in [2.75, 3.05) is 6.61 Å². The van der Waals surface area contributed by atoms with Crippen LogP contribution in [0.5, 0.6) is 0 Å². The molecular weight excluding hydrogens is 380 g/mol. The highest BCUT2D eigenvalue weighted by molar-refractivity contribution is 5.24. The number of alkyl halides is 4. The average Bonchev–Trinajstić information content (AvgIpc) is 3.11. The van der Waals surface area contributed by atoms with Gasteiger partial charge in [-0.3, -0.25) is 0 Å². The molecular formula is C16H17F6N3O2. The van der Waals surface area contributed by atoms with Gasteiger partial charge in [0.2, 0.25) is 0 Å². The van der Waals surface area contributed by atoms with E-state index in [-0.39, 0.29) is 12.0 Å². The topological polar surface area (TPSA) is 60.2 Å². The van der Waals surface area contributed by atoms with E-state index in [0.29, 0.717) is 6.07 Å². The summed E-state index contributed by atoms with van der Waals surface area (Å²) in [4.78, 5) is 3.69. The zero-order chi connectivity index (χ0) is 20.2. The fourth-order valence-electron chi connectivity index (χ4n) is 2.58. The molecule has 150 valence electrons. The van der Waals surface area contributed by atoms with Crippen LogP contribution in [0.15, 0.2) is 30.9 Å².